The Balaban J connectivity index is 2.27. The highest BCUT2D eigenvalue weighted by atomic mass is 15.1. The molecule has 0 aliphatic heterocycles. The molecule has 0 fully saturated rings. The molecule has 2 heteroatoms. The van der Waals surface area contributed by atoms with Crippen LogP contribution in [0.1, 0.15) is 32.3 Å². The van der Waals surface area contributed by atoms with Gasteiger partial charge in [-0.25, -0.2) is 0 Å². The zero-order valence-electron chi connectivity index (χ0n) is 11.2. The Hall–Kier alpha value is -0.860. The zero-order valence-corrected chi connectivity index (χ0v) is 11.2. The van der Waals surface area contributed by atoms with Gasteiger partial charge in [-0.1, -0.05) is 44.2 Å². The van der Waals surface area contributed by atoms with E-state index in [0.29, 0.717) is 6.04 Å². The molecule has 0 bridgehead atoms. The molecular weight excluding hydrogens is 208 g/mol. The Morgan fingerprint density at radius 3 is 2.47 bits per heavy atom. The van der Waals surface area contributed by atoms with E-state index in [-0.39, 0.29) is 0 Å². The minimum absolute atomic E-state index is 0.293. The summed E-state index contributed by atoms with van der Waals surface area (Å²) in [7, 11) is 0. The van der Waals surface area contributed by atoms with Gasteiger partial charge in [0.25, 0.3) is 0 Å². The van der Waals surface area contributed by atoms with Crippen molar-refractivity contribution in [2.24, 2.45) is 5.73 Å². The number of nitrogens with zero attached hydrogens (tertiary/aromatic N) is 1. The van der Waals surface area contributed by atoms with E-state index >= 15 is 0 Å². The standard InChI is InChI=1S/C15H26N2/c1-3-12-17(4-2)13-15(16)11-10-14-8-6-5-7-9-14/h5-9,15H,3-4,10-13,16H2,1-2H3. The van der Waals surface area contributed by atoms with Crippen molar-refractivity contribution in [2.45, 2.75) is 39.2 Å². The van der Waals surface area contributed by atoms with Crippen molar-refractivity contribution in [3.05, 3.63) is 35.9 Å². The molecule has 1 aromatic rings. The van der Waals surface area contributed by atoms with Crippen molar-refractivity contribution in [1.29, 1.82) is 0 Å². The first-order valence-electron chi connectivity index (χ1n) is 6.78. The van der Waals surface area contributed by atoms with E-state index in [1.165, 1.54) is 12.0 Å². The lowest BCUT2D eigenvalue weighted by molar-refractivity contribution is 0.265. The van der Waals surface area contributed by atoms with Crippen LogP contribution < -0.4 is 5.73 Å². The molecule has 1 rings (SSSR count). The number of aryl methyl sites for hydroxylation is 1. The second kappa shape index (κ2) is 8.26. The molecule has 0 aromatic heterocycles. The Kier molecular flexibility index (Phi) is 6.90. The van der Waals surface area contributed by atoms with Crippen LogP contribution in [0.5, 0.6) is 0 Å². The average molecular weight is 234 g/mol. The predicted octanol–water partition coefficient (Wildman–Crippen LogP) is 2.68. The zero-order chi connectivity index (χ0) is 12.5. The number of nitrogens with two attached hydrogens (primary N) is 1. The molecule has 0 amide bonds. The number of benzene rings is 1. The molecule has 1 unspecified atom stereocenters. The van der Waals surface area contributed by atoms with Gasteiger partial charge in [-0.15, -0.1) is 0 Å². The summed E-state index contributed by atoms with van der Waals surface area (Å²) >= 11 is 0. The van der Waals surface area contributed by atoms with Crippen LogP contribution in [0, 0.1) is 0 Å². The Morgan fingerprint density at radius 2 is 1.88 bits per heavy atom. The van der Waals surface area contributed by atoms with Crippen LogP contribution in [-0.2, 0) is 6.42 Å². The van der Waals surface area contributed by atoms with Crippen molar-refractivity contribution in [2.75, 3.05) is 19.6 Å². The molecule has 1 aromatic carbocycles. The summed E-state index contributed by atoms with van der Waals surface area (Å²) in [6, 6.07) is 10.9. The average Bonchev–Trinajstić information content (AvgIpc) is 2.37. The maximum Gasteiger partial charge on any atom is 0.0170 e. The first-order valence-corrected chi connectivity index (χ1v) is 6.78. The van der Waals surface area contributed by atoms with Gasteiger partial charge in [0.05, 0.1) is 0 Å². The summed E-state index contributed by atoms with van der Waals surface area (Å²) < 4.78 is 0. The third-order valence-corrected chi connectivity index (χ3v) is 3.13. The first-order chi connectivity index (χ1) is 8.26. The molecule has 17 heavy (non-hydrogen) atoms. The fourth-order valence-corrected chi connectivity index (χ4v) is 2.11. The third kappa shape index (κ3) is 5.85. The van der Waals surface area contributed by atoms with Gasteiger partial charge < -0.3 is 10.6 Å². The summed E-state index contributed by atoms with van der Waals surface area (Å²) in [4.78, 5) is 2.44. The number of hydrogen-bond acceptors (Lipinski definition) is 2. The van der Waals surface area contributed by atoms with E-state index < -0.39 is 0 Å². The molecule has 0 aliphatic rings. The Morgan fingerprint density at radius 1 is 1.18 bits per heavy atom. The van der Waals surface area contributed by atoms with Gasteiger partial charge in [-0.05, 0) is 37.9 Å². The largest absolute Gasteiger partial charge is 0.327 e. The van der Waals surface area contributed by atoms with Crippen molar-refractivity contribution < 1.29 is 0 Å². The fraction of sp³-hybridized carbons (Fsp3) is 0.600. The lowest BCUT2D eigenvalue weighted by Gasteiger charge is -2.23. The maximum atomic E-state index is 6.19. The van der Waals surface area contributed by atoms with Crippen molar-refractivity contribution >= 4 is 0 Å². The second-order valence-electron chi connectivity index (χ2n) is 4.68. The van der Waals surface area contributed by atoms with E-state index in [1.54, 1.807) is 0 Å². The number of hydrogen-bond donors (Lipinski definition) is 1. The minimum Gasteiger partial charge on any atom is -0.327 e. The van der Waals surface area contributed by atoms with Crippen LogP contribution in [-0.4, -0.2) is 30.6 Å². The van der Waals surface area contributed by atoms with Gasteiger partial charge >= 0.3 is 0 Å². The van der Waals surface area contributed by atoms with Crippen LogP contribution in [0.25, 0.3) is 0 Å². The van der Waals surface area contributed by atoms with E-state index in [9.17, 15) is 0 Å². The van der Waals surface area contributed by atoms with Gasteiger partial charge in [-0.3, -0.25) is 0 Å². The summed E-state index contributed by atoms with van der Waals surface area (Å²) in [6.45, 7) is 7.72. The van der Waals surface area contributed by atoms with Crippen LogP contribution in [0.2, 0.25) is 0 Å². The summed E-state index contributed by atoms with van der Waals surface area (Å²) in [6.07, 6.45) is 3.37. The van der Waals surface area contributed by atoms with Gasteiger partial charge in [0.1, 0.15) is 0 Å². The lowest BCUT2D eigenvalue weighted by Crippen LogP contribution is -2.38. The monoisotopic (exact) mass is 234 g/mol. The number of likely N-dealkylation sites (N-methyl/N-ethyl adjacent to an activating group) is 1. The maximum absolute atomic E-state index is 6.19. The first kappa shape index (κ1) is 14.2. The fourth-order valence-electron chi connectivity index (χ4n) is 2.11. The van der Waals surface area contributed by atoms with Crippen molar-refractivity contribution in [3.8, 4) is 0 Å². The van der Waals surface area contributed by atoms with E-state index in [1.807, 2.05) is 0 Å². The smallest absolute Gasteiger partial charge is 0.0170 e. The molecule has 0 saturated heterocycles. The second-order valence-corrected chi connectivity index (χ2v) is 4.68. The van der Waals surface area contributed by atoms with Crippen molar-refractivity contribution in [3.63, 3.8) is 0 Å². The molecular formula is C15H26N2. The van der Waals surface area contributed by atoms with Gasteiger partial charge in [0, 0.05) is 12.6 Å². The molecule has 2 N–H and O–H groups in total. The Bertz CT molecular complexity index is 284. The predicted molar refractivity (Wildman–Crippen MR) is 75.1 cm³/mol. The van der Waals surface area contributed by atoms with E-state index in [2.05, 4.69) is 49.1 Å². The van der Waals surface area contributed by atoms with Crippen LogP contribution in [0.15, 0.2) is 30.3 Å². The summed E-state index contributed by atoms with van der Waals surface area (Å²) in [5, 5.41) is 0. The summed E-state index contributed by atoms with van der Waals surface area (Å²) in [5.74, 6) is 0. The molecule has 1 atom stereocenters. The highest BCUT2D eigenvalue weighted by Crippen LogP contribution is 2.05. The van der Waals surface area contributed by atoms with Crippen LogP contribution >= 0.6 is 0 Å². The van der Waals surface area contributed by atoms with Crippen LogP contribution in [0.3, 0.4) is 0 Å². The molecule has 0 saturated carbocycles. The normalized spacial score (nSPS) is 12.9. The molecule has 96 valence electrons. The minimum atomic E-state index is 0.293. The van der Waals surface area contributed by atoms with Gasteiger partial charge in [-0.2, -0.15) is 0 Å². The molecule has 0 radical (unpaired) electrons. The van der Waals surface area contributed by atoms with Crippen molar-refractivity contribution in [1.82, 2.24) is 4.90 Å². The van der Waals surface area contributed by atoms with Crippen LogP contribution in [0.4, 0.5) is 0 Å². The molecule has 0 spiro atoms. The quantitative estimate of drug-likeness (QED) is 0.749. The Labute approximate surface area is 106 Å². The molecule has 0 heterocycles. The van der Waals surface area contributed by atoms with E-state index in [0.717, 1.165) is 32.5 Å². The summed E-state index contributed by atoms with van der Waals surface area (Å²) in [5.41, 5.74) is 7.58. The lowest BCUT2D eigenvalue weighted by atomic mass is 10.1. The van der Waals surface area contributed by atoms with E-state index in [4.69, 9.17) is 5.73 Å². The number of rotatable bonds is 8. The SMILES string of the molecule is CCCN(CC)CC(N)CCc1ccccc1. The topological polar surface area (TPSA) is 29.3 Å². The highest BCUT2D eigenvalue weighted by Gasteiger charge is 2.08. The molecule has 0 aliphatic carbocycles. The van der Waals surface area contributed by atoms with Gasteiger partial charge in [0.15, 0.2) is 0 Å². The highest BCUT2D eigenvalue weighted by molar-refractivity contribution is 5.14. The molecule has 2 nitrogen and oxygen atoms in total. The van der Waals surface area contributed by atoms with Gasteiger partial charge in [0.2, 0.25) is 0 Å². The third-order valence-electron chi connectivity index (χ3n) is 3.13.